The Morgan fingerprint density at radius 1 is 1.58 bits per heavy atom. The Kier molecular flexibility index (Phi) is 3.73. The third-order valence-corrected chi connectivity index (χ3v) is 3.53. The molecule has 0 aromatic rings. The third kappa shape index (κ3) is 3.01. The van der Waals surface area contributed by atoms with Gasteiger partial charge in [-0.15, -0.1) is 0 Å². The van der Waals surface area contributed by atoms with Crippen molar-refractivity contribution in [2.24, 2.45) is 11.7 Å². The van der Waals surface area contributed by atoms with Crippen molar-refractivity contribution in [2.45, 2.75) is 30.9 Å². The lowest BCUT2D eigenvalue weighted by Crippen LogP contribution is -2.62. The van der Waals surface area contributed by atoms with Gasteiger partial charge in [-0.2, -0.15) is 0 Å². The molecule has 0 radical (unpaired) electrons. The van der Waals surface area contributed by atoms with Crippen LogP contribution in [0.2, 0.25) is 0 Å². The van der Waals surface area contributed by atoms with E-state index in [1.54, 1.807) is 0 Å². The minimum atomic E-state index is -2.87. The van der Waals surface area contributed by atoms with Crippen molar-refractivity contribution in [3.05, 3.63) is 0 Å². The summed E-state index contributed by atoms with van der Waals surface area (Å²) in [6, 6.07) is -0.921. The number of alkyl halides is 2. The fourth-order valence-electron chi connectivity index (χ4n) is 2.37. The van der Waals surface area contributed by atoms with Crippen molar-refractivity contribution < 1.29 is 23.5 Å². The van der Waals surface area contributed by atoms with Crippen molar-refractivity contribution in [1.82, 2.24) is 10.2 Å². The molecule has 2 amide bonds. The van der Waals surface area contributed by atoms with Gasteiger partial charge < -0.3 is 21.1 Å². The number of carbonyl (C=O) groups is 2. The normalized spacial score (nSPS) is 28.5. The van der Waals surface area contributed by atoms with Crippen LogP contribution in [-0.2, 0) is 9.59 Å². The van der Waals surface area contributed by atoms with E-state index in [0.29, 0.717) is 13.0 Å². The Balaban J connectivity index is 1.83. The van der Waals surface area contributed by atoms with Crippen molar-refractivity contribution >= 4 is 11.8 Å². The number of hydrogen-bond acceptors (Lipinski definition) is 4. The summed E-state index contributed by atoms with van der Waals surface area (Å²) in [6.07, 6.45) is -0.762. The quantitative estimate of drug-likeness (QED) is 0.594. The Morgan fingerprint density at radius 3 is 2.68 bits per heavy atom. The maximum atomic E-state index is 12.6. The van der Waals surface area contributed by atoms with Gasteiger partial charge >= 0.3 is 0 Å². The maximum absolute atomic E-state index is 12.6. The van der Waals surface area contributed by atoms with Crippen LogP contribution in [0.5, 0.6) is 0 Å². The summed E-state index contributed by atoms with van der Waals surface area (Å²) in [6.45, 7) is -0.808. The molecule has 3 unspecified atom stereocenters. The van der Waals surface area contributed by atoms with Crippen LogP contribution in [-0.4, -0.2) is 59.5 Å². The first kappa shape index (κ1) is 14.1. The molecule has 2 saturated heterocycles. The highest BCUT2D eigenvalue weighted by Gasteiger charge is 2.48. The summed E-state index contributed by atoms with van der Waals surface area (Å²) >= 11 is 0. The molecule has 0 saturated carbocycles. The number of rotatable bonds is 4. The third-order valence-electron chi connectivity index (χ3n) is 3.53. The molecule has 2 aliphatic heterocycles. The van der Waals surface area contributed by atoms with Crippen molar-refractivity contribution in [1.29, 1.82) is 0 Å². The van der Waals surface area contributed by atoms with E-state index in [1.165, 1.54) is 0 Å². The molecule has 3 atom stereocenters. The fourth-order valence-corrected chi connectivity index (χ4v) is 2.37. The number of aliphatic hydroxyl groups is 1. The smallest absolute Gasteiger partial charge is 0.282 e. The molecule has 2 heterocycles. The number of carbonyl (C=O) groups excluding carboxylic acids is 2. The molecule has 19 heavy (non-hydrogen) atoms. The van der Waals surface area contributed by atoms with E-state index >= 15 is 0 Å². The lowest BCUT2D eigenvalue weighted by atomic mass is 9.94. The molecule has 0 bridgehead atoms. The molecular weight excluding hydrogens is 260 g/mol. The topological polar surface area (TPSA) is 95.7 Å². The SMILES string of the molecule is NC(CC1CCNC1=O)C(O)C(=O)N1CC(F)(F)C1. The van der Waals surface area contributed by atoms with E-state index in [4.69, 9.17) is 5.73 Å². The zero-order chi connectivity index (χ0) is 14.2. The summed E-state index contributed by atoms with van der Waals surface area (Å²) in [5.74, 6) is -4.14. The van der Waals surface area contributed by atoms with Gasteiger partial charge in [-0.1, -0.05) is 0 Å². The highest BCUT2D eigenvalue weighted by atomic mass is 19.3. The molecule has 0 aliphatic carbocycles. The number of nitrogens with one attached hydrogen (secondary N) is 1. The first-order valence-corrected chi connectivity index (χ1v) is 6.18. The number of likely N-dealkylation sites (tertiary alicyclic amines) is 1. The van der Waals surface area contributed by atoms with Gasteiger partial charge in [-0.25, -0.2) is 8.78 Å². The van der Waals surface area contributed by atoms with Gasteiger partial charge in [0.15, 0.2) is 0 Å². The summed E-state index contributed by atoms with van der Waals surface area (Å²) in [4.78, 5) is 23.9. The number of nitrogens with two attached hydrogens (primary N) is 1. The molecule has 108 valence electrons. The minimum absolute atomic E-state index is 0.148. The van der Waals surface area contributed by atoms with Crippen LogP contribution < -0.4 is 11.1 Å². The number of nitrogens with zero attached hydrogens (tertiary/aromatic N) is 1. The summed E-state index contributed by atoms with van der Waals surface area (Å²) in [5.41, 5.74) is 5.68. The fraction of sp³-hybridized carbons (Fsp3) is 0.818. The van der Waals surface area contributed by atoms with Crippen LogP contribution in [0.3, 0.4) is 0 Å². The highest BCUT2D eigenvalue weighted by Crippen LogP contribution is 2.27. The second kappa shape index (κ2) is 5.01. The van der Waals surface area contributed by atoms with Crippen LogP contribution in [0.1, 0.15) is 12.8 Å². The monoisotopic (exact) mass is 277 g/mol. The van der Waals surface area contributed by atoms with Gasteiger partial charge in [0.2, 0.25) is 5.91 Å². The Labute approximate surface area is 108 Å². The Morgan fingerprint density at radius 2 is 2.21 bits per heavy atom. The number of halogens is 2. The molecule has 0 spiro atoms. The number of hydrogen-bond donors (Lipinski definition) is 3. The van der Waals surface area contributed by atoms with Gasteiger partial charge in [-0.05, 0) is 12.8 Å². The maximum Gasteiger partial charge on any atom is 0.282 e. The molecule has 2 fully saturated rings. The molecule has 2 aliphatic rings. The predicted octanol–water partition coefficient (Wildman–Crippen LogP) is -1.32. The zero-order valence-electron chi connectivity index (χ0n) is 10.3. The van der Waals surface area contributed by atoms with Crippen LogP contribution >= 0.6 is 0 Å². The first-order valence-electron chi connectivity index (χ1n) is 6.18. The number of aliphatic hydroxyl groups excluding tert-OH is 1. The Hall–Kier alpha value is -1.28. The second-order valence-corrected chi connectivity index (χ2v) is 5.17. The van der Waals surface area contributed by atoms with Crippen molar-refractivity contribution in [3.63, 3.8) is 0 Å². The van der Waals surface area contributed by atoms with E-state index in [2.05, 4.69) is 5.32 Å². The van der Waals surface area contributed by atoms with E-state index in [9.17, 15) is 23.5 Å². The number of amides is 2. The van der Waals surface area contributed by atoms with E-state index in [-0.39, 0.29) is 18.2 Å². The van der Waals surface area contributed by atoms with Crippen molar-refractivity contribution in [3.8, 4) is 0 Å². The van der Waals surface area contributed by atoms with Gasteiger partial charge in [0, 0.05) is 18.5 Å². The molecule has 0 aromatic heterocycles. The molecule has 4 N–H and O–H groups in total. The van der Waals surface area contributed by atoms with Crippen LogP contribution in [0.25, 0.3) is 0 Å². The average Bonchev–Trinajstić information content (AvgIpc) is 2.70. The van der Waals surface area contributed by atoms with E-state index in [1.807, 2.05) is 0 Å². The average molecular weight is 277 g/mol. The summed E-state index contributed by atoms with van der Waals surface area (Å²) in [5, 5.41) is 12.4. The highest BCUT2D eigenvalue weighted by molar-refractivity contribution is 5.83. The zero-order valence-corrected chi connectivity index (χ0v) is 10.3. The van der Waals surface area contributed by atoms with Crippen molar-refractivity contribution in [2.75, 3.05) is 19.6 Å². The largest absolute Gasteiger partial charge is 0.382 e. The lowest BCUT2D eigenvalue weighted by molar-refractivity contribution is -0.174. The molecule has 0 aromatic carbocycles. The van der Waals surface area contributed by atoms with Gasteiger partial charge in [-0.3, -0.25) is 9.59 Å². The lowest BCUT2D eigenvalue weighted by Gasteiger charge is -2.40. The van der Waals surface area contributed by atoms with Crippen LogP contribution in [0.4, 0.5) is 8.78 Å². The molecular formula is C11H17F2N3O3. The van der Waals surface area contributed by atoms with Gasteiger partial charge in [0.25, 0.3) is 11.8 Å². The molecule has 8 heteroatoms. The van der Waals surface area contributed by atoms with E-state index < -0.39 is 37.1 Å². The summed E-state index contributed by atoms with van der Waals surface area (Å²) in [7, 11) is 0. The van der Waals surface area contributed by atoms with Gasteiger partial charge in [0.05, 0.1) is 13.1 Å². The Bertz CT molecular complexity index is 383. The second-order valence-electron chi connectivity index (χ2n) is 5.17. The molecule has 2 rings (SSSR count). The first-order chi connectivity index (χ1) is 8.80. The predicted molar refractivity (Wildman–Crippen MR) is 61.2 cm³/mol. The minimum Gasteiger partial charge on any atom is -0.382 e. The van der Waals surface area contributed by atoms with Gasteiger partial charge in [0.1, 0.15) is 6.10 Å². The van der Waals surface area contributed by atoms with Crippen LogP contribution in [0, 0.1) is 5.92 Å². The molecule has 6 nitrogen and oxygen atoms in total. The van der Waals surface area contributed by atoms with Crippen LogP contribution in [0.15, 0.2) is 0 Å². The van der Waals surface area contributed by atoms with E-state index in [0.717, 1.165) is 4.90 Å². The standard InChI is InChI=1S/C11H17F2N3O3/c12-11(13)4-16(5-11)10(19)8(17)7(14)3-6-1-2-15-9(6)18/h6-8,17H,1-5,14H2,(H,15,18). The summed E-state index contributed by atoms with van der Waals surface area (Å²) < 4.78 is 25.3.